The summed E-state index contributed by atoms with van der Waals surface area (Å²) < 4.78 is 2.00. The van der Waals surface area contributed by atoms with Crippen LogP contribution in [0.4, 0.5) is 5.82 Å². The summed E-state index contributed by atoms with van der Waals surface area (Å²) in [6, 6.07) is 8.85. The van der Waals surface area contributed by atoms with E-state index in [1.165, 1.54) is 17.5 Å². The van der Waals surface area contributed by atoms with Crippen molar-refractivity contribution in [2.75, 3.05) is 5.73 Å². The normalized spacial score (nSPS) is 12.9. The van der Waals surface area contributed by atoms with Crippen molar-refractivity contribution in [3.05, 3.63) is 48.0 Å². The third-order valence-corrected chi connectivity index (χ3v) is 6.19. The molecule has 0 amide bonds. The Balaban J connectivity index is 1.85. The second-order valence-electron chi connectivity index (χ2n) is 5.84. The van der Waals surface area contributed by atoms with Crippen molar-refractivity contribution in [2.45, 2.75) is 32.1 Å². The van der Waals surface area contributed by atoms with Crippen molar-refractivity contribution < 1.29 is 0 Å². The summed E-state index contributed by atoms with van der Waals surface area (Å²) in [5.41, 5.74) is 10.6. The molecule has 1 aromatic carbocycles. The average molecular weight is 310 g/mol. The van der Waals surface area contributed by atoms with Crippen molar-refractivity contribution in [1.82, 2.24) is 19.5 Å². The van der Waals surface area contributed by atoms with E-state index in [0.29, 0.717) is 16.9 Å². The van der Waals surface area contributed by atoms with Crippen LogP contribution in [0.2, 0.25) is 13.1 Å². The van der Waals surface area contributed by atoms with Gasteiger partial charge in [0.2, 0.25) is 0 Å². The average Bonchev–Trinajstić information content (AvgIpc) is 2.92. The molecule has 2 aromatic heterocycles. The van der Waals surface area contributed by atoms with Gasteiger partial charge in [-0.3, -0.25) is 0 Å². The Hall–Kier alpha value is -2.21. The summed E-state index contributed by atoms with van der Waals surface area (Å²) in [4.78, 5) is 12.5. The Bertz CT molecular complexity index is 779. The van der Waals surface area contributed by atoms with E-state index >= 15 is 0 Å². The lowest BCUT2D eigenvalue weighted by molar-refractivity contribution is 0.812. The number of rotatable bonds is 4. The molecule has 5 nitrogen and oxygen atoms in total. The topological polar surface area (TPSA) is 69.6 Å². The third kappa shape index (κ3) is 2.74. The predicted molar refractivity (Wildman–Crippen MR) is 91.2 cm³/mol. The van der Waals surface area contributed by atoms with Gasteiger partial charge in [-0.1, -0.05) is 44.3 Å². The molecule has 0 saturated carbocycles. The second kappa shape index (κ2) is 5.88. The van der Waals surface area contributed by atoms with Gasteiger partial charge in [-0.05, 0) is 16.7 Å². The van der Waals surface area contributed by atoms with Gasteiger partial charge in [-0.25, -0.2) is 15.0 Å². The van der Waals surface area contributed by atoms with Crippen LogP contribution in [0.3, 0.4) is 0 Å². The first-order chi connectivity index (χ1) is 10.6. The zero-order valence-corrected chi connectivity index (χ0v) is 14.1. The van der Waals surface area contributed by atoms with Crippen LogP contribution >= 0.6 is 0 Å². The Morgan fingerprint density at radius 2 is 1.86 bits per heavy atom. The van der Waals surface area contributed by atoms with Gasteiger partial charge in [-0.2, -0.15) is 0 Å². The SMILES string of the molecule is CC(c1ccc(Cn2cnc3c(N)ncnc32)cc1)[Si](C)C. The van der Waals surface area contributed by atoms with Crippen LogP contribution in [-0.4, -0.2) is 28.3 Å². The maximum atomic E-state index is 5.82. The molecule has 0 spiro atoms. The number of benzene rings is 1. The van der Waals surface area contributed by atoms with Crippen LogP contribution in [0.25, 0.3) is 11.2 Å². The number of anilines is 1. The fourth-order valence-electron chi connectivity index (χ4n) is 2.46. The van der Waals surface area contributed by atoms with Crippen LogP contribution < -0.4 is 5.73 Å². The minimum Gasteiger partial charge on any atom is -0.382 e. The first kappa shape index (κ1) is 14.7. The Morgan fingerprint density at radius 1 is 1.14 bits per heavy atom. The molecule has 0 aliphatic heterocycles. The molecule has 0 aliphatic carbocycles. The molecule has 2 N–H and O–H groups in total. The summed E-state index contributed by atoms with van der Waals surface area (Å²) in [6.07, 6.45) is 3.25. The molecular weight excluding hydrogens is 290 g/mol. The first-order valence-electron chi connectivity index (χ1n) is 7.36. The monoisotopic (exact) mass is 310 g/mol. The van der Waals surface area contributed by atoms with Gasteiger partial charge in [0.1, 0.15) is 11.8 Å². The minimum absolute atomic E-state index is 0.306. The van der Waals surface area contributed by atoms with E-state index in [-0.39, 0.29) is 8.80 Å². The second-order valence-corrected chi connectivity index (χ2v) is 8.86. The lowest BCUT2D eigenvalue weighted by Gasteiger charge is -2.15. The fourth-order valence-corrected chi connectivity index (χ4v) is 3.32. The minimum atomic E-state index is -0.306. The van der Waals surface area contributed by atoms with E-state index in [9.17, 15) is 0 Å². The Kier molecular flexibility index (Phi) is 3.93. The summed E-state index contributed by atoms with van der Waals surface area (Å²) in [6.45, 7) is 7.75. The smallest absolute Gasteiger partial charge is 0.165 e. The molecule has 3 rings (SSSR count). The first-order valence-corrected chi connectivity index (χ1v) is 9.94. The molecule has 2 heterocycles. The highest BCUT2D eigenvalue weighted by atomic mass is 28.3. The van der Waals surface area contributed by atoms with Crippen molar-refractivity contribution >= 4 is 25.8 Å². The summed E-state index contributed by atoms with van der Waals surface area (Å²) in [7, 11) is -0.306. The lowest BCUT2D eigenvalue weighted by atomic mass is 10.1. The summed E-state index contributed by atoms with van der Waals surface area (Å²) in [5.74, 6) is 0.425. The molecule has 6 heteroatoms. The largest absolute Gasteiger partial charge is 0.382 e. The van der Waals surface area contributed by atoms with E-state index in [1.807, 2.05) is 4.57 Å². The van der Waals surface area contributed by atoms with Crippen molar-refractivity contribution in [1.29, 1.82) is 0 Å². The number of nitrogens with two attached hydrogens (primary N) is 1. The van der Waals surface area contributed by atoms with Crippen LogP contribution in [-0.2, 0) is 6.54 Å². The number of nitrogens with zero attached hydrogens (tertiary/aromatic N) is 4. The van der Waals surface area contributed by atoms with Gasteiger partial charge in [0.25, 0.3) is 0 Å². The number of fused-ring (bicyclic) bond motifs is 1. The van der Waals surface area contributed by atoms with Crippen LogP contribution in [0, 0.1) is 0 Å². The summed E-state index contributed by atoms with van der Waals surface area (Å²) in [5, 5.41) is 0. The molecule has 22 heavy (non-hydrogen) atoms. The van der Waals surface area contributed by atoms with Crippen LogP contribution in [0.15, 0.2) is 36.9 Å². The van der Waals surface area contributed by atoms with Crippen molar-refractivity contribution in [2.24, 2.45) is 0 Å². The molecule has 0 aliphatic rings. The maximum Gasteiger partial charge on any atom is 0.165 e. The molecule has 0 bridgehead atoms. The van der Waals surface area contributed by atoms with Crippen LogP contribution in [0.1, 0.15) is 23.6 Å². The van der Waals surface area contributed by atoms with E-state index in [2.05, 4.69) is 59.2 Å². The van der Waals surface area contributed by atoms with Gasteiger partial charge in [0.05, 0.1) is 12.9 Å². The standard InChI is InChI=1S/C16H20N5Si/c1-11(22(2)3)13-6-4-12(5-7-13)8-21-10-20-14-15(17)18-9-19-16(14)21/h4-7,9-11H,8H2,1-3H3,(H2,17,18,19). The lowest BCUT2D eigenvalue weighted by Crippen LogP contribution is -2.12. The molecule has 0 fully saturated rings. The number of imidazole rings is 1. The van der Waals surface area contributed by atoms with E-state index in [4.69, 9.17) is 5.73 Å². The molecule has 1 atom stereocenters. The van der Waals surface area contributed by atoms with Gasteiger partial charge in [0, 0.05) is 8.80 Å². The Labute approximate surface area is 131 Å². The fraction of sp³-hybridized carbons (Fsp3) is 0.312. The van der Waals surface area contributed by atoms with Crippen molar-refractivity contribution in [3.63, 3.8) is 0 Å². The zero-order chi connectivity index (χ0) is 15.7. The molecular formula is C16H20N5Si. The predicted octanol–water partition coefficient (Wildman–Crippen LogP) is 2.85. The number of hydrogen-bond donors (Lipinski definition) is 1. The van der Waals surface area contributed by atoms with E-state index in [0.717, 1.165) is 12.2 Å². The molecule has 3 aromatic rings. The van der Waals surface area contributed by atoms with Gasteiger partial charge in [-0.15, -0.1) is 0 Å². The quantitative estimate of drug-likeness (QED) is 0.752. The highest BCUT2D eigenvalue weighted by Crippen LogP contribution is 2.20. The number of aromatic nitrogens is 4. The third-order valence-electron chi connectivity index (χ3n) is 4.13. The van der Waals surface area contributed by atoms with Gasteiger partial charge in [0.15, 0.2) is 11.5 Å². The van der Waals surface area contributed by atoms with Crippen molar-refractivity contribution in [3.8, 4) is 0 Å². The highest BCUT2D eigenvalue weighted by molar-refractivity contribution is 6.57. The highest BCUT2D eigenvalue weighted by Gasteiger charge is 2.12. The summed E-state index contributed by atoms with van der Waals surface area (Å²) >= 11 is 0. The van der Waals surface area contributed by atoms with Gasteiger partial charge < -0.3 is 10.3 Å². The Morgan fingerprint density at radius 3 is 2.55 bits per heavy atom. The number of hydrogen-bond acceptors (Lipinski definition) is 4. The molecule has 113 valence electrons. The van der Waals surface area contributed by atoms with E-state index in [1.54, 1.807) is 6.33 Å². The molecule has 1 unspecified atom stereocenters. The number of nitrogen functional groups attached to an aromatic ring is 1. The van der Waals surface area contributed by atoms with Gasteiger partial charge >= 0.3 is 0 Å². The zero-order valence-electron chi connectivity index (χ0n) is 13.1. The van der Waals surface area contributed by atoms with Crippen LogP contribution in [0.5, 0.6) is 0 Å². The van der Waals surface area contributed by atoms with E-state index < -0.39 is 0 Å². The molecule has 0 saturated heterocycles. The molecule has 1 radical (unpaired) electrons. The maximum absolute atomic E-state index is 5.82.